The molecular formula is CHNaO2. The molecule has 4 heavy (non-hydrogen) atoms. The minimum atomic E-state index is 0. The van der Waals surface area contributed by atoms with Gasteiger partial charge in [-0.15, -0.1) is 0 Å². The molecule has 0 saturated heterocycles. The van der Waals surface area contributed by atoms with Crippen LogP contribution in [-0.2, 0) is 4.79 Å². The summed E-state index contributed by atoms with van der Waals surface area (Å²) in [6.45, 7) is 0.500. The fourth-order valence-electron chi connectivity index (χ4n) is 0. The molecule has 1 N–H and O–H groups in total. The average molecular weight is 69.0 g/mol. The van der Waals surface area contributed by atoms with E-state index in [-0.39, 0.29) is 29.6 Å². The van der Waals surface area contributed by atoms with Gasteiger partial charge in [0.1, 0.15) is 0 Å². The molecule has 18 valence electrons. The van der Waals surface area contributed by atoms with Crippen LogP contribution in [0.5, 0.6) is 0 Å². The first-order valence-electron chi connectivity index (χ1n) is 0.428. The van der Waals surface area contributed by atoms with E-state index in [0.717, 1.165) is 0 Å². The van der Waals surface area contributed by atoms with Crippen LogP contribution in [0.4, 0.5) is 0 Å². The van der Waals surface area contributed by atoms with Crippen LogP contribution >= 0.6 is 0 Å². The van der Waals surface area contributed by atoms with Crippen molar-refractivity contribution in [2.45, 2.75) is 0 Å². The van der Waals surface area contributed by atoms with Crippen LogP contribution in [0.15, 0.2) is 0 Å². The fraction of sp³-hybridized carbons (Fsp3) is 0. The Bertz CT molecular complexity index is 13.5. The summed E-state index contributed by atoms with van der Waals surface area (Å²) >= 11 is 0. The van der Waals surface area contributed by atoms with Crippen LogP contribution in [0.1, 0.15) is 0 Å². The van der Waals surface area contributed by atoms with Crippen molar-refractivity contribution in [1.29, 1.82) is 0 Å². The third-order valence-electron chi connectivity index (χ3n) is 0. The standard InChI is InChI=1S/CHO2.Na/c2-1-3;/h(H,2,3);/q-1;+1/i1+1;. The summed E-state index contributed by atoms with van der Waals surface area (Å²) in [5.41, 5.74) is 0. The molecule has 0 aromatic heterocycles. The van der Waals surface area contributed by atoms with E-state index in [2.05, 4.69) is 0 Å². The van der Waals surface area contributed by atoms with E-state index in [1.54, 1.807) is 0 Å². The van der Waals surface area contributed by atoms with E-state index in [9.17, 15) is 0 Å². The summed E-state index contributed by atoms with van der Waals surface area (Å²) in [6, 6.07) is 0. The molecule has 2 nitrogen and oxygen atoms in total. The molecule has 0 aliphatic heterocycles. The Morgan fingerprint density at radius 1 is 1.75 bits per heavy atom. The molecule has 0 spiro atoms. The minimum absolute atomic E-state index is 0. The van der Waals surface area contributed by atoms with Gasteiger partial charge in [0.2, 0.25) is 0 Å². The molecule has 0 atom stereocenters. The van der Waals surface area contributed by atoms with Gasteiger partial charge in [0.15, 0.2) is 0 Å². The molecule has 0 aromatic carbocycles. The summed E-state index contributed by atoms with van der Waals surface area (Å²) < 4.78 is 0. The Kier molecular flexibility index (Phi) is 21.6. The molecule has 3 heteroatoms. The summed E-state index contributed by atoms with van der Waals surface area (Å²) in [7, 11) is 0. The maximum absolute atomic E-state index is 8.24. The van der Waals surface area contributed by atoms with Crippen molar-refractivity contribution < 1.29 is 39.5 Å². The summed E-state index contributed by atoms with van der Waals surface area (Å²) in [4.78, 5) is 8.24. The van der Waals surface area contributed by atoms with Crippen LogP contribution in [0.2, 0.25) is 0 Å². The molecule has 0 aliphatic carbocycles. The molecule has 0 saturated carbocycles. The van der Waals surface area contributed by atoms with Crippen molar-refractivity contribution in [3.63, 3.8) is 0 Å². The van der Waals surface area contributed by atoms with Crippen LogP contribution in [-0.4, -0.2) is 11.6 Å². The van der Waals surface area contributed by atoms with Gasteiger partial charge < -0.3 is 9.90 Å². The maximum Gasteiger partial charge on any atom is 1.00 e. The fourth-order valence-corrected chi connectivity index (χ4v) is 0. The zero-order valence-electron chi connectivity index (χ0n) is 2.36. The molecule has 0 aliphatic rings. The third kappa shape index (κ3) is 24.2. The Morgan fingerprint density at radius 3 is 1.75 bits per heavy atom. The molecule has 0 bridgehead atoms. The molecule has 0 unspecified atom stereocenters. The largest absolute Gasteiger partial charge is 1.00 e. The molecular weight excluding hydrogens is 68.0 g/mol. The Hall–Kier alpha value is 0.470. The zero-order valence-corrected chi connectivity index (χ0v) is 4.36. The van der Waals surface area contributed by atoms with Gasteiger partial charge >= 0.3 is 29.6 Å². The van der Waals surface area contributed by atoms with Gasteiger partial charge in [-0.1, -0.05) is 6.47 Å². The Labute approximate surface area is 46.1 Å². The average Bonchev–Trinajstić information content (AvgIpc) is 0.918. The zero-order chi connectivity index (χ0) is 2.71. The van der Waals surface area contributed by atoms with E-state index >= 15 is 0 Å². The molecule has 0 fully saturated rings. The second-order valence-electron chi connectivity index (χ2n) is 0.0913. The van der Waals surface area contributed by atoms with Crippen molar-refractivity contribution in [2.24, 2.45) is 0 Å². The van der Waals surface area contributed by atoms with Crippen molar-refractivity contribution in [3.8, 4) is 0 Å². The maximum atomic E-state index is 8.24. The number of hydrogen-bond acceptors (Lipinski definition) is 1. The Morgan fingerprint density at radius 2 is 1.75 bits per heavy atom. The van der Waals surface area contributed by atoms with Crippen molar-refractivity contribution in [3.05, 3.63) is 0 Å². The summed E-state index contributed by atoms with van der Waals surface area (Å²) in [5, 5.41) is 6.76. The molecule has 0 aromatic rings. The van der Waals surface area contributed by atoms with Crippen LogP contribution in [0.3, 0.4) is 0 Å². The van der Waals surface area contributed by atoms with Crippen molar-refractivity contribution in [1.82, 2.24) is 0 Å². The predicted octanol–water partition coefficient (Wildman–Crippen LogP) is -3.38. The minimum Gasteiger partial charge on any atom is -0.665 e. The Balaban J connectivity index is 0. The SMILES string of the molecule is O=[13C-]O.[Na+]. The van der Waals surface area contributed by atoms with E-state index < -0.39 is 0 Å². The third-order valence-corrected chi connectivity index (χ3v) is 0. The van der Waals surface area contributed by atoms with Crippen molar-refractivity contribution in [2.75, 3.05) is 0 Å². The van der Waals surface area contributed by atoms with Gasteiger partial charge in [0, 0.05) is 0 Å². The van der Waals surface area contributed by atoms with E-state index in [4.69, 9.17) is 9.90 Å². The van der Waals surface area contributed by atoms with Gasteiger partial charge in [-0.25, -0.2) is 0 Å². The first-order chi connectivity index (χ1) is 1.41. The quantitative estimate of drug-likeness (QED) is 0.183. The second-order valence-corrected chi connectivity index (χ2v) is 0.0913. The monoisotopic (exact) mass is 69.0 g/mol. The van der Waals surface area contributed by atoms with Gasteiger partial charge in [-0.05, 0) is 0 Å². The topological polar surface area (TPSA) is 37.3 Å². The molecule has 0 heterocycles. The van der Waals surface area contributed by atoms with Gasteiger partial charge in [-0.2, -0.15) is 0 Å². The normalized spacial score (nSPS) is 3.00. The summed E-state index contributed by atoms with van der Waals surface area (Å²) in [6.07, 6.45) is 0. The summed E-state index contributed by atoms with van der Waals surface area (Å²) in [5.74, 6) is 0. The van der Waals surface area contributed by atoms with E-state index in [0.29, 0.717) is 6.47 Å². The van der Waals surface area contributed by atoms with Crippen LogP contribution in [0.25, 0.3) is 0 Å². The molecule has 0 amide bonds. The van der Waals surface area contributed by atoms with E-state index in [1.807, 2.05) is 0 Å². The van der Waals surface area contributed by atoms with E-state index in [1.165, 1.54) is 0 Å². The number of rotatable bonds is 0. The molecule has 0 rings (SSSR count). The van der Waals surface area contributed by atoms with Gasteiger partial charge in [0.25, 0.3) is 0 Å². The number of aliphatic hydroxyl groups excluding tert-OH is 1. The first-order valence-corrected chi connectivity index (χ1v) is 0.428. The second kappa shape index (κ2) is 9.80. The molecule has 0 radical (unpaired) electrons. The predicted molar refractivity (Wildman–Crippen MR) is 8.32 cm³/mol. The smallest absolute Gasteiger partial charge is 0.665 e. The number of hydrogen-bond donors (Lipinski definition) is 1. The van der Waals surface area contributed by atoms with Crippen LogP contribution in [0, 0.1) is 0 Å². The first kappa shape index (κ1) is 8.82. The van der Waals surface area contributed by atoms with Gasteiger partial charge in [0.05, 0.1) is 0 Å². The van der Waals surface area contributed by atoms with Gasteiger partial charge in [-0.3, -0.25) is 0 Å². The van der Waals surface area contributed by atoms with Crippen molar-refractivity contribution >= 4 is 6.47 Å². The van der Waals surface area contributed by atoms with Crippen LogP contribution < -0.4 is 29.6 Å².